The minimum Gasteiger partial charge on any atom is -0.339 e. The summed E-state index contributed by atoms with van der Waals surface area (Å²) < 4.78 is 0. The van der Waals surface area contributed by atoms with E-state index >= 15 is 0 Å². The smallest absolute Gasteiger partial charge is 0.269 e. The summed E-state index contributed by atoms with van der Waals surface area (Å²) in [6.45, 7) is 3.90. The molecule has 3 fully saturated rings. The Bertz CT molecular complexity index is 693. The molecule has 0 radical (unpaired) electrons. The number of nitro benzene ring substituents is 1. The van der Waals surface area contributed by atoms with Gasteiger partial charge in [0.2, 0.25) is 5.91 Å². The van der Waals surface area contributed by atoms with Crippen molar-refractivity contribution in [2.45, 2.75) is 64.0 Å². The molecule has 3 aliphatic rings. The molecule has 2 aliphatic heterocycles. The first kappa shape index (κ1) is 19.4. The second-order valence-electron chi connectivity index (χ2n) is 8.76. The van der Waals surface area contributed by atoms with Crippen LogP contribution < -0.4 is 0 Å². The molecule has 1 saturated carbocycles. The summed E-state index contributed by atoms with van der Waals surface area (Å²) >= 11 is 0. The maximum Gasteiger partial charge on any atom is 0.269 e. The van der Waals surface area contributed by atoms with Gasteiger partial charge in [-0.15, -0.1) is 0 Å². The van der Waals surface area contributed by atoms with E-state index in [0.29, 0.717) is 23.8 Å². The molecule has 4 rings (SSSR count). The lowest BCUT2D eigenvalue weighted by Crippen LogP contribution is -2.48. The van der Waals surface area contributed by atoms with Gasteiger partial charge in [0.1, 0.15) is 0 Å². The first-order valence-corrected chi connectivity index (χ1v) is 10.9. The molecular weight excluding hydrogens is 354 g/mol. The van der Waals surface area contributed by atoms with Gasteiger partial charge < -0.3 is 4.90 Å². The number of hydrogen-bond donors (Lipinski definition) is 0. The van der Waals surface area contributed by atoms with Crippen molar-refractivity contribution in [3.05, 3.63) is 39.9 Å². The molecule has 0 aromatic heterocycles. The standard InChI is InChI=1S/C22H31N3O3/c26-22(19-7-8-19)24-13-3-1-2-4-21(24)18-11-14-23(15-12-18)16-17-5-9-20(10-6-17)25(27)28/h5-6,9-10,18-19,21H,1-4,7-8,11-16H2/t21-/m1/s1. The van der Waals surface area contributed by atoms with E-state index in [4.69, 9.17) is 0 Å². The van der Waals surface area contributed by atoms with Crippen LogP contribution in [0.4, 0.5) is 5.69 Å². The summed E-state index contributed by atoms with van der Waals surface area (Å²) in [6, 6.07) is 7.36. The van der Waals surface area contributed by atoms with Gasteiger partial charge in [0.15, 0.2) is 0 Å². The van der Waals surface area contributed by atoms with Gasteiger partial charge in [0.05, 0.1) is 4.92 Å². The molecule has 1 aromatic carbocycles. The first-order chi connectivity index (χ1) is 13.6. The molecule has 6 heteroatoms. The van der Waals surface area contributed by atoms with Crippen LogP contribution in [-0.4, -0.2) is 46.3 Å². The summed E-state index contributed by atoms with van der Waals surface area (Å²) in [7, 11) is 0. The van der Waals surface area contributed by atoms with Gasteiger partial charge in [0, 0.05) is 37.2 Å². The second kappa shape index (κ2) is 8.60. The largest absolute Gasteiger partial charge is 0.339 e. The summed E-state index contributed by atoms with van der Waals surface area (Å²) in [5, 5.41) is 10.8. The fraction of sp³-hybridized carbons (Fsp3) is 0.682. The number of rotatable bonds is 5. The Balaban J connectivity index is 1.33. The second-order valence-corrected chi connectivity index (χ2v) is 8.76. The molecule has 152 valence electrons. The van der Waals surface area contributed by atoms with Gasteiger partial charge in [-0.3, -0.25) is 19.8 Å². The third-order valence-corrected chi connectivity index (χ3v) is 6.74. The molecule has 0 N–H and O–H groups in total. The normalized spacial score (nSPS) is 24.7. The van der Waals surface area contributed by atoms with Crippen LogP contribution in [0.25, 0.3) is 0 Å². The Morgan fingerprint density at radius 3 is 2.32 bits per heavy atom. The molecule has 2 saturated heterocycles. The lowest BCUT2D eigenvalue weighted by molar-refractivity contribution is -0.384. The van der Waals surface area contributed by atoms with E-state index in [-0.39, 0.29) is 10.6 Å². The van der Waals surface area contributed by atoms with Gasteiger partial charge in [-0.25, -0.2) is 0 Å². The van der Waals surface area contributed by atoms with Crippen molar-refractivity contribution in [2.24, 2.45) is 11.8 Å². The number of nitrogens with zero attached hydrogens (tertiary/aromatic N) is 3. The maximum absolute atomic E-state index is 12.8. The molecule has 1 aromatic rings. The highest BCUT2D eigenvalue weighted by Gasteiger charge is 2.39. The minimum absolute atomic E-state index is 0.149. The summed E-state index contributed by atoms with van der Waals surface area (Å²) in [5.41, 5.74) is 1.28. The SMILES string of the molecule is O=C(C1CC1)N1CCCCC[C@@H]1C1CCN(Cc2ccc([N+](=O)[O-])cc2)CC1. The third kappa shape index (κ3) is 4.54. The van der Waals surface area contributed by atoms with Gasteiger partial charge >= 0.3 is 0 Å². The van der Waals surface area contributed by atoms with Gasteiger partial charge in [-0.2, -0.15) is 0 Å². The van der Waals surface area contributed by atoms with Crippen LogP contribution in [0, 0.1) is 22.0 Å². The minimum atomic E-state index is -0.350. The Hall–Kier alpha value is -1.95. The zero-order valence-electron chi connectivity index (χ0n) is 16.6. The number of piperidine rings is 1. The number of hydrogen-bond acceptors (Lipinski definition) is 4. The Labute approximate surface area is 167 Å². The van der Waals surface area contributed by atoms with E-state index in [9.17, 15) is 14.9 Å². The van der Waals surface area contributed by atoms with Crippen molar-refractivity contribution in [3.8, 4) is 0 Å². The van der Waals surface area contributed by atoms with Crippen LogP contribution in [0.5, 0.6) is 0 Å². The van der Waals surface area contributed by atoms with Crippen molar-refractivity contribution in [1.29, 1.82) is 0 Å². The zero-order valence-corrected chi connectivity index (χ0v) is 16.6. The van der Waals surface area contributed by atoms with Crippen molar-refractivity contribution in [3.63, 3.8) is 0 Å². The molecular formula is C22H31N3O3. The van der Waals surface area contributed by atoms with Crippen molar-refractivity contribution in [1.82, 2.24) is 9.80 Å². The quantitative estimate of drug-likeness (QED) is 0.568. The summed E-state index contributed by atoms with van der Waals surface area (Å²) in [5.74, 6) is 1.37. The number of carbonyl (C=O) groups is 1. The molecule has 1 amide bonds. The van der Waals surface area contributed by atoms with E-state index in [0.717, 1.165) is 63.8 Å². The van der Waals surface area contributed by atoms with Gasteiger partial charge in [-0.1, -0.05) is 25.0 Å². The van der Waals surface area contributed by atoms with Gasteiger partial charge in [-0.05, 0) is 63.1 Å². The summed E-state index contributed by atoms with van der Waals surface area (Å²) in [4.78, 5) is 28.0. The number of likely N-dealkylation sites (tertiary alicyclic amines) is 2. The first-order valence-electron chi connectivity index (χ1n) is 10.9. The topological polar surface area (TPSA) is 66.7 Å². The van der Waals surface area contributed by atoms with Crippen LogP contribution in [0.3, 0.4) is 0 Å². The highest BCUT2D eigenvalue weighted by Crippen LogP contribution is 2.36. The van der Waals surface area contributed by atoms with Crippen molar-refractivity contribution >= 4 is 11.6 Å². The molecule has 6 nitrogen and oxygen atoms in total. The van der Waals surface area contributed by atoms with Crippen molar-refractivity contribution in [2.75, 3.05) is 19.6 Å². The number of non-ortho nitro benzene ring substituents is 1. The molecule has 0 unspecified atom stereocenters. The Morgan fingerprint density at radius 2 is 1.68 bits per heavy atom. The van der Waals surface area contributed by atoms with Crippen LogP contribution in [0.1, 0.15) is 56.9 Å². The number of benzene rings is 1. The monoisotopic (exact) mass is 385 g/mol. The van der Waals surface area contributed by atoms with E-state index in [2.05, 4.69) is 9.80 Å². The van der Waals surface area contributed by atoms with E-state index in [1.54, 1.807) is 12.1 Å². The predicted molar refractivity (Wildman–Crippen MR) is 108 cm³/mol. The number of carbonyl (C=O) groups excluding carboxylic acids is 1. The van der Waals surface area contributed by atoms with Crippen LogP contribution in [-0.2, 0) is 11.3 Å². The fourth-order valence-electron chi connectivity index (χ4n) is 4.94. The highest BCUT2D eigenvalue weighted by atomic mass is 16.6. The van der Waals surface area contributed by atoms with E-state index in [1.165, 1.54) is 19.3 Å². The Morgan fingerprint density at radius 1 is 0.964 bits per heavy atom. The molecule has 0 spiro atoms. The fourth-order valence-corrected chi connectivity index (χ4v) is 4.94. The molecule has 0 bridgehead atoms. The molecule has 1 atom stereocenters. The van der Waals surface area contributed by atoms with Crippen LogP contribution >= 0.6 is 0 Å². The summed E-state index contributed by atoms with van der Waals surface area (Å²) in [6.07, 6.45) is 9.31. The average Bonchev–Trinajstić information content (AvgIpc) is 3.55. The zero-order chi connectivity index (χ0) is 19.5. The maximum atomic E-state index is 12.8. The van der Waals surface area contributed by atoms with Crippen LogP contribution in [0.2, 0.25) is 0 Å². The number of nitro groups is 1. The number of amides is 1. The van der Waals surface area contributed by atoms with E-state index < -0.39 is 0 Å². The highest BCUT2D eigenvalue weighted by molar-refractivity contribution is 5.81. The lowest BCUT2D eigenvalue weighted by Gasteiger charge is -2.41. The molecule has 1 aliphatic carbocycles. The lowest BCUT2D eigenvalue weighted by atomic mass is 9.85. The predicted octanol–water partition coefficient (Wildman–Crippen LogP) is 3.99. The average molecular weight is 386 g/mol. The van der Waals surface area contributed by atoms with E-state index in [1.807, 2.05) is 12.1 Å². The van der Waals surface area contributed by atoms with Crippen molar-refractivity contribution < 1.29 is 9.72 Å². The molecule has 28 heavy (non-hydrogen) atoms. The van der Waals surface area contributed by atoms with Gasteiger partial charge in [0.25, 0.3) is 5.69 Å². The Kier molecular flexibility index (Phi) is 5.95. The third-order valence-electron chi connectivity index (χ3n) is 6.74. The van der Waals surface area contributed by atoms with Crippen LogP contribution in [0.15, 0.2) is 24.3 Å². The molecule has 2 heterocycles.